The number of hydrogen-bond donors (Lipinski definition) is 2. The molecule has 5 nitrogen and oxygen atoms in total. The van der Waals surface area contributed by atoms with Crippen molar-refractivity contribution in [2.45, 2.75) is 18.4 Å². The Morgan fingerprint density at radius 2 is 1.47 bits per heavy atom. The first kappa shape index (κ1) is 21.5. The van der Waals surface area contributed by atoms with Gasteiger partial charge < -0.3 is 15.6 Å². The van der Waals surface area contributed by atoms with Crippen LogP contribution in [0.25, 0.3) is 17.2 Å². The van der Waals surface area contributed by atoms with Crippen molar-refractivity contribution in [2.75, 3.05) is 6.61 Å². The lowest BCUT2D eigenvalue weighted by Gasteiger charge is -2.20. The third kappa shape index (κ3) is 4.48. The summed E-state index contributed by atoms with van der Waals surface area (Å²) in [6, 6.07) is 24.7. The van der Waals surface area contributed by atoms with Crippen LogP contribution in [-0.2, 0) is 14.3 Å². The molecule has 0 fully saturated rings. The molecule has 3 aromatic carbocycles. The fourth-order valence-corrected chi connectivity index (χ4v) is 4.21. The van der Waals surface area contributed by atoms with Crippen molar-refractivity contribution in [3.8, 4) is 11.1 Å². The van der Waals surface area contributed by atoms with E-state index >= 15 is 0 Å². The molecule has 0 aromatic heterocycles. The number of benzene rings is 3. The summed E-state index contributed by atoms with van der Waals surface area (Å²) < 4.78 is 5.53. The van der Waals surface area contributed by atoms with E-state index in [1.54, 1.807) is 6.08 Å². The SMILES string of the molecule is N[C@@H](C/C=C\c1ccccc1)[C@H](C(=O)O)C(=O)OCC1c2ccccc2-c2ccccc21. The van der Waals surface area contributed by atoms with E-state index in [1.165, 1.54) is 0 Å². The van der Waals surface area contributed by atoms with E-state index < -0.39 is 23.9 Å². The zero-order valence-corrected chi connectivity index (χ0v) is 17.6. The van der Waals surface area contributed by atoms with Gasteiger partial charge in [0, 0.05) is 12.0 Å². The summed E-state index contributed by atoms with van der Waals surface area (Å²) in [5.74, 6) is -3.64. The minimum Gasteiger partial charge on any atom is -0.481 e. The minimum atomic E-state index is -1.43. The standard InChI is InChI=1S/C27H25NO4/c28-24(16-8-11-18-9-2-1-3-10-18)25(26(29)30)27(31)32-17-23-21-14-6-4-12-19(21)20-13-5-7-15-22(20)23/h1-15,23-25H,16-17,28H2,(H,29,30)/b11-8-/t24-,25+/m0/s1. The van der Waals surface area contributed by atoms with Gasteiger partial charge in [-0.3, -0.25) is 9.59 Å². The molecule has 0 aliphatic heterocycles. The highest BCUT2D eigenvalue weighted by Gasteiger charge is 2.35. The molecule has 3 N–H and O–H groups in total. The highest BCUT2D eigenvalue weighted by molar-refractivity contribution is 5.95. The number of nitrogens with two attached hydrogens (primary N) is 1. The molecular formula is C27H25NO4. The predicted molar refractivity (Wildman–Crippen MR) is 124 cm³/mol. The molecule has 3 aromatic rings. The molecule has 2 atom stereocenters. The average Bonchev–Trinajstić information content (AvgIpc) is 3.12. The van der Waals surface area contributed by atoms with Gasteiger partial charge in [-0.2, -0.15) is 0 Å². The van der Waals surface area contributed by atoms with E-state index in [0.29, 0.717) is 0 Å². The van der Waals surface area contributed by atoms with Gasteiger partial charge in [-0.05, 0) is 34.2 Å². The summed E-state index contributed by atoms with van der Waals surface area (Å²) in [5.41, 5.74) is 11.4. The largest absolute Gasteiger partial charge is 0.481 e. The van der Waals surface area contributed by atoms with Crippen LogP contribution in [0.5, 0.6) is 0 Å². The number of carboxylic acids is 1. The first-order valence-electron chi connectivity index (χ1n) is 10.6. The van der Waals surface area contributed by atoms with Crippen molar-refractivity contribution < 1.29 is 19.4 Å². The number of hydrogen-bond acceptors (Lipinski definition) is 4. The summed E-state index contributed by atoms with van der Waals surface area (Å²) in [5, 5.41) is 9.63. The van der Waals surface area contributed by atoms with Gasteiger partial charge in [0.1, 0.15) is 6.61 Å². The number of rotatable bonds is 8. The lowest BCUT2D eigenvalue weighted by Crippen LogP contribution is -2.41. The Balaban J connectivity index is 1.44. The van der Waals surface area contributed by atoms with E-state index in [4.69, 9.17) is 10.5 Å². The molecule has 0 bridgehead atoms. The van der Waals surface area contributed by atoms with E-state index in [0.717, 1.165) is 27.8 Å². The Kier molecular flexibility index (Phi) is 6.47. The normalized spacial score (nSPS) is 14.5. The number of aliphatic carboxylic acids is 1. The first-order valence-corrected chi connectivity index (χ1v) is 10.6. The topological polar surface area (TPSA) is 89.6 Å². The van der Waals surface area contributed by atoms with Crippen molar-refractivity contribution in [3.63, 3.8) is 0 Å². The molecule has 0 saturated carbocycles. The molecule has 0 saturated heterocycles. The highest BCUT2D eigenvalue weighted by atomic mass is 16.5. The van der Waals surface area contributed by atoms with Crippen LogP contribution in [0.4, 0.5) is 0 Å². The Labute approximate surface area is 187 Å². The molecule has 0 heterocycles. The van der Waals surface area contributed by atoms with Gasteiger partial charge in [-0.1, -0.05) is 91.0 Å². The van der Waals surface area contributed by atoms with E-state index in [1.807, 2.05) is 84.9 Å². The highest BCUT2D eigenvalue weighted by Crippen LogP contribution is 2.44. The molecule has 0 amide bonds. The fraction of sp³-hybridized carbons (Fsp3) is 0.185. The number of fused-ring (bicyclic) bond motifs is 3. The number of esters is 1. The first-order chi connectivity index (χ1) is 15.6. The molecule has 0 unspecified atom stereocenters. The maximum Gasteiger partial charge on any atom is 0.321 e. The van der Waals surface area contributed by atoms with Gasteiger partial charge in [0.15, 0.2) is 5.92 Å². The van der Waals surface area contributed by atoms with Crippen molar-refractivity contribution in [2.24, 2.45) is 11.7 Å². The monoisotopic (exact) mass is 427 g/mol. The van der Waals surface area contributed by atoms with Crippen molar-refractivity contribution in [1.82, 2.24) is 0 Å². The van der Waals surface area contributed by atoms with Crippen LogP contribution in [0.3, 0.4) is 0 Å². The molecule has 0 spiro atoms. The van der Waals surface area contributed by atoms with E-state index in [9.17, 15) is 14.7 Å². The Morgan fingerprint density at radius 3 is 2.06 bits per heavy atom. The zero-order chi connectivity index (χ0) is 22.5. The van der Waals surface area contributed by atoms with Gasteiger partial charge in [-0.25, -0.2) is 0 Å². The van der Waals surface area contributed by atoms with Crippen LogP contribution >= 0.6 is 0 Å². The lowest BCUT2D eigenvalue weighted by atomic mass is 9.96. The van der Waals surface area contributed by atoms with Gasteiger partial charge in [0.05, 0.1) is 0 Å². The van der Waals surface area contributed by atoms with Crippen molar-refractivity contribution in [1.29, 1.82) is 0 Å². The molecule has 162 valence electrons. The van der Waals surface area contributed by atoms with Gasteiger partial charge in [0.25, 0.3) is 0 Å². The summed E-state index contributed by atoms with van der Waals surface area (Å²) >= 11 is 0. The molecule has 1 aliphatic carbocycles. The Hall–Kier alpha value is -3.70. The lowest BCUT2D eigenvalue weighted by molar-refractivity contribution is -0.159. The average molecular weight is 428 g/mol. The van der Waals surface area contributed by atoms with Crippen LogP contribution < -0.4 is 5.73 Å². The Bertz CT molecular complexity index is 1090. The number of ether oxygens (including phenoxy) is 1. The fourth-order valence-electron chi connectivity index (χ4n) is 4.21. The molecule has 1 aliphatic rings. The molecule has 4 rings (SSSR count). The van der Waals surface area contributed by atoms with Crippen molar-refractivity contribution in [3.05, 3.63) is 102 Å². The van der Waals surface area contributed by atoms with Crippen LogP contribution in [0.15, 0.2) is 84.9 Å². The maximum absolute atomic E-state index is 12.7. The predicted octanol–water partition coefficient (Wildman–Crippen LogP) is 4.47. The van der Waals surface area contributed by atoms with Gasteiger partial charge in [0.2, 0.25) is 0 Å². The summed E-state index contributed by atoms with van der Waals surface area (Å²) in [7, 11) is 0. The van der Waals surface area contributed by atoms with Gasteiger partial charge in [-0.15, -0.1) is 0 Å². The molecule has 32 heavy (non-hydrogen) atoms. The number of carboxylic acid groups (broad SMARTS) is 1. The van der Waals surface area contributed by atoms with Crippen LogP contribution in [0.1, 0.15) is 29.0 Å². The number of carbonyl (C=O) groups excluding carboxylic acids is 1. The molecular weight excluding hydrogens is 402 g/mol. The van der Waals surface area contributed by atoms with Crippen molar-refractivity contribution >= 4 is 18.0 Å². The quantitative estimate of drug-likeness (QED) is 0.409. The van der Waals surface area contributed by atoms with E-state index in [-0.39, 0.29) is 18.9 Å². The third-order valence-electron chi connectivity index (χ3n) is 5.82. The van der Waals surface area contributed by atoms with Crippen LogP contribution in [0.2, 0.25) is 0 Å². The Morgan fingerprint density at radius 1 is 0.906 bits per heavy atom. The summed E-state index contributed by atoms with van der Waals surface area (Å²) in [4.78, 5) is 24.5. The second kappa shape index (κ2) is 9.62. The maximum atomic E-state index is 12.7. The van der Waals surface area contributed by atoms with E-state index in [2.05, 4.69) is 0 Å². The zero-order valence-electron chi connectivity index (χ0n) is 17.6. The second-order valence-electron chi connectivity index (χ2n) is 7.89. The number of carbonyl (C=O) groups is 2. The van der Waals surface area contributed by atoms with Crippen LogP contribution in [-0.4, -0.2) is 29.7 Å². The van der Waals surface area contributed by atoms with Crippen LogP contribution in [0, 0.1) is 5.92 Å². The third-order valence-corrected chi connectivity index (χ3v) is 5.82. The smallest absolute Gasteiger partial charge is 0.321 e. The second-order valence-corrected chi connectivity index (χ2v) is 7.89. The van der Waals surface area contributed by atoms with Gasteiger partial charge >= 0.3 is 11.9 Å². The summed E-state index contributed by atoms with van der Waals surface area (Å²) in [6.07, 6.45) is 3.89. The molecule has 5 heteroatoms. The molecule has 0 radical (unpaired) electrons. The minimum absolute atomic E-state index is 0.0726. The summed E-state index contributed by atoms with van der Waals surface area (Å²) in [6.45, 7) is 0.0726.